The summed E-state index contributed by atoms with van der Waals surface area (Å²) in [4.78, 5) is 37.3. The van der Waals surface area contributed by atoms with Crippen molar-refractivity contribution in [1.82, 2.24) is 4.90 Å². The number of halogens is 5. The molecule has 0 radical (unpaired) electrons. The normalized spacial score (nSPS) is 24.6. The second-order valence-electron chi connectivity index (χ2n) is 7.75. The van der Waals surface area contributed by atoms with E-state index in [1.807, 2.05) is 0 Å². The number of nitrogens with zero attached hydrogens (tertiary/aromatic N) is 1. The van der Waals surface area contributed by atoms with E-state index in [9.17, 15) is 41.4 Å². The monoisotopic (exact) mass is 415 g/mol. The summed E-state index contributed by atoms with van der Waals surface area (Å²) in [6.07, 6.45) is -9.76. The molecule has 1 saturated carbocycles. The summed E-state index contributed by atoms with van der Waals surface area (Å²) in [5, 5.41) is 9.50. The summed E-state index contributed by atoms with van der Waals surface area (Å²) in [5.41, 5.74) is 0. The Labute approximate surface area is 158 Å². The van der Waals surface area contributed by atoms with Crippen LogP contribution < -0.4 is 0 Å². The zero-order valence-electron chi connectivity index (χ0n) is 15.3. The Morgan fingerprint density at radius 2 is 1.86 bits per heavy atom. The van der Waals surface area contributed by atoms with Gasteiger partial charge in [-0.05, 0) is 18.3 Å². The number of rotatable bonds is 7. The molecule has 0 aromatic rings. The molecule has 2 amide bonds. The van der Waals surface area contributed by atoms with Gasteiger partial charge in [-0.2, -0.15) is 13.2 Å². The standard InChI is InChI=1S/C17H22F5NO5/c1-8(2)11-7-28-15(27)23(11)13(24)10(3-4-17(20,21)22)12(14(25)26)9-5-16(18,19)6-9/h8-12H,3-7H2,1-2H3,(H,25,26)/t10?,11-,12?/m1/s1. The van der Waals surface area contributed by atoms with E-state index >= 15 is 0 Å². The molecular weight excluding hydrogens is 393 g/mol. The van der Waals surface area contributed by atoms with Crippen molar-refractivity contribution in [2.75, 3.05) is 6.61 Å². The maximum atomic E-state index is 13.2. The minimum atomic E-state index is -4.67. The SMILES string of the molecule is CC(C)[C@H]1COC(=O)N1C(=O)C(CCC(F)(F)F)C(C(=O)O)C1CC(F)(F)C1. The van der Waals surface area contributed by atoms with Crippen LogP contribution in [0.2, 0.25) is 0 Å². The number of hydrogen-bond donors (Lipinski definition) is 1. The topological polar surface area (TPSA) is 83.9 Å². The van der Waals surface area contributed by atoms with E-state index in [0.29, 0.717) is 4.90 Å². The van der Waals surface area contributed by atoms with Crippen LogP contribution in [-0.2, 0) is 14.3 Å². The lowest BCUT2D eigenvalue weighted by Crippen LogP contribution is -2.52. The van der Waals surface area contributed by atoms with Gasteiger partial charge in [0.05, 0.1) is 17.9 Å². The van der Waals surface area contributed by atoms with Crippen molar-refractivity contribution < 1.29 is 46.2 Å². The van der Waals surface area contributed by atoms with Gasteiger partial charge in [0.1, 0.15) is 6.61 Å². The largest absolute Gasteiger partial charge is 0.481 e. The number of carbonyl (C=O) groups excluding carboxylic acids is 2. The van der Waals surface area contributed by atoms with Gasteiger partial charge in [0, 0.05) is 19.3 Å². The van der Waals surface area contributed by atoms with E-state index < -0.39 is 79.5 Å². The van der Waals surface area contributed by atoms with E-state index in [1.165, 1.54) is 0 Å². The molecule has 2 fully saturated rings. The number of carboxylic acids is 1. The lowest BCUT2D eigenvalue weighted by atomic mass is 9.67. The van der Waals surface area contributed by atoms with Crippen LogP contribution in [0, 0.1) is 23.7 Å². The highest BCUT2D eigenvalue weighted by Crippen LogP contribution is 2.49. The first-order chi connectivity index (χ1) is 12.7. The lowest BCUT2D eigenvalue weighted by Gasteiger charge is -2.41. The Hall–Kier alpha value is -1.94. The van der Waals surface area contributed by atoms with Crippen LogP contribution in [0.25, 0.3) is 0 Å². The smallest absolute Gasteiger partial charge is 0.416 e. The summed E-state index contributed by atoms with van der Waals surface area (Å²) in [7, 11) is 0. The fraction of sp³-hybridized carbons (Fsp3) is 0.824. The molecule has 11 heteroatoms. The molecule has 0 bridgehead atoms. The van der Waals surface area contributed by atoms with E-state index in [4.69, 9.17) is 4.74 Å². The van der Waals surface area contributed by atoms with Crippen LogP contribution in [0.5, 0.6) is 0 Å². The number of cyclic esters (lactones) is 1. The van der Waals surface area contributed by atoms with Gasteiger partial charge in [0.15, 0.2) is 0 Å². The molecule has 0 aromatic carbocycles. The molecule has 1 heterocycles. The van der Waals surface area contributed by atoms with Crippen molar-refractivity contribution >= 4 is 18.0 Å². The lowest BCUT2D eigenvalue weighted by molar-refractivity contribution is -0.174. The highest BCUT2D eigenvalue weighted by Gasteiger charge is 2.55. The second kappa shape index (κ2) is 7.82. The predicted octanol–water partition coefficient (Wildman–Crippen LogP) is 3.69. The molecular formula is C17H22F5NO5. The third-order valence-electron chi connectivity index (χ3n) is 5.32. The highest BCUT2D eigenvalue weighted by atomic mass is 19.4. The summed E-state index contributed by atoms with van der Waals surface area (Å²) in [6, 6.07) is -0.759. The zero-order valence-corrected chi connectivity index (χ0v) is 15.3. The van der Waals surface area contributed by atoms with E-state index in [-0.39, 0.29) is 12.5 Å². The van der Waals surface area contributed by atoms with Crippen LogP contribution >= 0.6 is 0 Å². The number of carboxylic acid groups (broad SMARTS) is 1. The maximum absolute atomic E-state index is 13.2. The Balaban J connectivity index is 2.33. The molecule has 0 aromatic heterocycles. The predicted molar refractivity (Wildman–Crippen MR) is 84.4 cm³/mol. The van der Waals surface area contributed by atoms with Gasteiger partial charge in [-0.1, -0.05) is 13.8 Å². The molecule has 28 heavy (non-hydrogen) atoms. The van der Waals surface area contributed by atoms with Crippen molar-refractivity contribution in [3.63, 3.8) is 0 Å². The summed E-state index contributed by atoms with van der Waals surface area (Å²) in [6.45, 7) is 3.17. The number of hydrogen-bond acceptors (Lipinski definition) is 4. The van der Waals surface area contributed by atoms with Gasteiger partial charge in [-0.3, -0.25) is 9.59 Å². The molecule has 1 N–H and O–H groups in total. The first kappa shape index (κ1) is 22.4. The third kappa shape index (κ3) is 4.91. The fourth-order valence-corrected chi connectivity index (χ4v) is 3.80. The molecule has 1 aliphatic heterocycles. The first-order valence-electron chi connectivity index (χ1n) is 8.90. The van der Waals surface area contributed by atoms with Crippen LogP contribution in [0.1, 0.15) is 39.5 Å². The molecule has 2 rings (SSSR count). The van der Waals surface area contributed by atoms with Crippen molar-refractivity contribution in [2.45, 2.75) is 57.7 Å². The van der Waals surface area contributed by atoms with Crippen molar-refractivity contribution in [3.8, 4) is 0 Å². The van der Waals surface area contributed by atoms with Gasteiger partial charge < -0.3 is 9.84 Å². The summed E-state index contributed by atoms with van der Waals surface area (Å²) >= 11 is 0. The number of aliphatic carboxylic acids is 1. The maximum Gasteiger partial charge on any atom is 0.416 e. The van der Waals surface area contributed by atoms with Crippen LogP contribution in [0.4, 0.5) is 26.7 Å². The van der Waals surface area contributed by atoms with Gasteiger partial charge in [-0.15, -0.1) is 0 Å². The molecule has 0 spiro atoms. The van der Waals surface area contributed by atoms with Crippen molar-refractivity contribution in [1.29, 1.82) is 0 Å². The minimum Gasteiger partial charge on any atom is -0.481 e. The Morgan fingerprint density at radius 3 is 2.29 bits per heavy atom. The Morgan fingerprint density at radius 1 is 1.29 bits per heavy atom. The molecule has 160 valence electrons. The van der Waals surface area contributed by atoms with Gasteiger partial charge in [0.2, 0.25) is 11.8 Å². The Bertz CT molecular complexity index is 628. The number of imide groups is 1. The highest BCUT2D eigenvalue weighted by molar-refractivity contribution is 5.96. The summed E-state index contributed by atoms with van der Waals surface area (Å²) in [5.74, 6) is -10.8. The third-order valence-corrected chi connectivity index (χ3v) is 5.32. The van der Waals surface area contributed by atoms with E-state index in [2.05, 4.69) is 0 Å². The number of carbonyl (C=O) groups is 3. The number of alkyl halides is 5. The van der Waals surface area contributed by atoms with Crippen molar-refractivity contribution in [2.24, 2.45) is 23.7 Å². The molecule has 6 nitrogen and oxygen atoms in total. The molecule has 2 aliphatic rings. The molecule has 2 unspecified atom stereocenters. The average Bonchev–Trinajstić information content (AvgIpc) is 2.89. The molecule has 1 aliphatic carbocycles. The number of ether oxygens (including phenoxy) is 1. The van der Waals surface area contributed by atoms with Crippen LogP contribution in [-0.4, -0.2) is 52.7 Å². The van der Waals surface area contributed by atoms with Gasteiger partial charge in [0.25, 0.3) is 0 Å². The van der Waals surface area contributed by atoms with Crippen molar-refractivity contribution in [3.05, 3.63) is 0 Å². The zero-order chi connectivity index (χ0) is 21.4. The quantitative estimate of drug-likeness (QED) is 0.641. The van der Waals surface area contributed by atoms with Crippen LogP contribution in [0.3, 0.4) is 0 Å². The van der Waals surface area contributed by atoms with E-state index in [0.717, 1.165) is 0 Å². The molecule has 1 saturated heterocycles. The second-order valence-corrected chi connectivity index (χ2v) is 7.75. The first-order valence-corrected chi connectivity index (χ1v) is 8.90. The van der Waals surface area contributed by atoms with E-state index in [1.54, 1.807) is 13.8 Å². The number of amides is 2. The fourth-order valence-electron chi connectivity index (χ4n) is 3.80. The average molecular weight is 415 g/mol. The minimum absolute atomic E-state index is 0.159. The van der Waals surface area contributed by atoms with Crippen LogP contribution in [0.15, 0.2) is 0 Å². The summed E-state index contributed by atoms with van der Waals surface area (Å²) < 4.78 is 69.5. The Kier molecular flexibility index (Phi) is 6.25. The van der Waals surface area contributed by atoms with Gasteiger partial charge >= 0.3 is 18.2 Å². The molecule has 3 atom stereocenters. The van der Waals surface area contributed by atoms with Gasteiger partial charge in [-0.25, -0.2) is 18.5 Å².